The lowest BCUT2D eigenvalue weighted by Crippen LogP contribution is -2.27. The van der Waals surface area contributed by atoms with Gasteiger partial charge in [-0.05, 0) is 42.0 Å². The maximum Gasteiger partial charge on any atom is 0.411 e. The molecule has 0 spiro atoms. The molecule has 0 bridgehead atoms. The Morgan fingerprint density at radius 2 is 1.62 bits per heavy atom. The minimum atomic E-state index is -4.37. The monoisotopic (exact) mass is 410 g/mol. The number of anilines is 1. The minimum absolute atomic E-state index is 0.0856. The first-order chi connectivity index (χ1) is 13.6. The smallest absolute Gasteiger partial charge is 0.411 e. The second-order valence-electron chi connectivity index (χ2n) is 6.36. The number of alkyl halides is 3. The van der Waals surface area contributed by atoms with E-state index in [2.05, 4.69) is 10.1 Å². The SMILES string of the molecule is CN(C)C(=O)COc1ccc(NC(=O)c2ccc(COCC(F)(F)F)cc2)cc1. The number of hydrogen-bond donors (Lipinski definition) is 1. The number of halogens is 3. The minimum Gasteiger partial charge on any atom is -0.484 e. The topological polar surface area (TPSA) is 67.9 Å². The second-order valence-corrected chi connectivity index (χ2v) is 6.36. The fourth-order valence-corrected chi connectivity index (χ4v) is 2.15. The van der Waals surface area contributed by atoms with Crippen LogP contribution in [0.3, 0.4) is 0 Å². The van der Waals surface area contributed by atoms with Gasteiger partial charge in [-0.3, -0.25) is 9.59 Å². The van der Waals surface area contributed by atoms with Crippen LogP contribution in [0.25, 0.3) is 0 Å². The van der Waals surface area contributed by atoms with E-state index >= 15 is 0 Å². The fourth-order valence-electron chi connectivity index (χ4n) is 2.15. The van der Waals surface area contributed by atoms with E-state index in [0.29, 0.717) is 22.6 Å². The summed E-state index contributed by atoms with van der Waals surface area (Å²) in [5, 5.41) is 2.70. The van der Waals surface area contributed by atoms with Crippen molar-refractivity contribution in [2.45, 2.75) is 12.8 Å². The summed E-state index contributed by atoms with van der Waals surface area (Å²) in [4.78, 5) is 25.2. The number of benzene rings is 2. The highest BCUT2D eigenvalue weighted by Crippen LogP contribution is 2.18. The summed E-state index contributed by atoms with van der Waals surface area (Å²) in [6.45, 7) is -1.60. The van der Waals surface area contributed by atoms with Crippen LogP contribution in [-0.2, 0) is 16.1 Å². The zero-order valence-electron chi connectivity index (χ0n) is 16.0. The molecule has 0 unspecified atom stereocenters. The maximum absolute atomic E-state index is 12.3. The molecule has 0 saturated carbocycles. The summed E-state index contributed by atoms with van der Waals surface area (Å²) in [5.74, 6) is -0.0553. The highest BCUT2D eigenvalue weighted by Gasteiger charge is 2.27. The first kappa shape index (κ1) is 22.2. The molecule has 0 aliphatic carbocycles. The molecule has 156 valence electrons. The number of carbonyl (C=O) groups excluding carboxylic acids is 2. The molecule has 2 aromatic rings. The fraction of sp³-hybridized carbons (Fsp3) is 0.300. The van der Waals surface area contributed by atoms with Crippen LogP contribution < -0.4 is 10.1 Å². The van der Waals surface area contributed by atoms with Gasteiger partial charge in [0.15, 0.2) is 6.61 Å². The van der Waals surface area contributed by atoms with Crippen LogP contribution in [0.4, 0.5) is 18.9 Å². The van der Waals surface area contributed by atoms with Crippen molar-refractivity contribution in [2.75, 3.05) is 32.6 Å². The number of nitrogens with zero attached hydrogens (tertiary/aromatic N) is 1. The Hall–Kier alpha value is -3.07. The average molecular weight is 410 g/mol. The predicted octanol–water partition coefficient (Wildman–Crippen LogP) is 3.48. The zero-order valence-corrected chi connectivity index (χ0v) is 16.0. The van der Waals surface area contributed by atoms with Gasteiger partial charge in [-0.2, -0.15) is 13.2 Å². The zero-order chi connectivity index (χ0) is 21.4. The van der Waals surface area contributed by atoms with E-state index in [1.165, 1.54) is 29.2 Å². The molecule has 0 atom stereocenters. The van der Waals surface area contributed by atoms with E-state index in [9.17, 15) is 22.8 Å². The Morgan fingerprint density at radius 3 is 2.17 bits per heavy atom. The molecular formula is C20H21F3N2O4. The van der Waals surface area contributed by atoms with Gasteiger partial charge >= 0.3 is 6.18 Å². The van der Waals surface area contributed by atoms with Gasteiger partial charge in [0.25, 0.3) is 11.8 Å². The highest BCUT2D eigenvalue weighted by atomic mass is 19.4. The number of ether oxygens (including phenoxy) is 2. The molecule has 0 fully saturated rings. The van der Waals surface area contributed by atoms with E-state index in [-0.39, 0.29) is 25.0 Å². The van der Waals surface area contributed by atoms with Crippen molar-refractivity contribution in [1.29, 1.82) is 0 Å². The average Bonchev–Trinajstić information content (AvgIpc) is 2.66. The van der Waals surface area contributed by atoms with Gasteiger partial charge in [0.2, 0.25) is 0 Å². The largest absolute Gasteiger partial charge is 0.484 e. The molecule has 2 amide bonds. The van der Waals surface area contributed by atoms with E-state index in [4.69, 9.17) is 4.74 Å². The summed E-state index contributed by atoms with van der Waals surface area (Å²) in [6.07, 6.45) is -4.37. The lowest BCUT2D eigenvalue weighted by atomic mass is 10.1. The molecule has 0 heterocycles. The number of hydrogen-bond acceptors (Lipinski definition) is 4. The number of amides is 2. The van der Waals surface area contributed by atoms with Crippen LogP contribution in [0.5, 0.6) is 5.75 Å². The second kappa shape index (κ2) is 9.92. The molecule has 2 aromatic carbocycles. The maximum atomic E-state index is 12.3. The Balaban J connectivity index is 1.85. The van der Waals surface area contributed by atoms with Crippen LogP contribution in [0.1, 0.15) is 15.9 Å². The van der Waals surface area contributed by atoms with Crippen molar-refractivity contribution in [3.63, 3.8) is 0 Å². The van der Waals surface area contributed by atoms with Crippen LogP contribution in [0, 0.1) is 0 Å². The molecule has 0 aliphatic rings. The van der Waals surface area contributed by atoms with Gasteiger partial charge in [-0.15, -0.1) is 0 Å². The predicted molar refractivity (Wildman–Crippen MR) is 101 cm³/mol. The molecule has 29 heavy (non-hydrogen) atoms. The lowest BCUT2D eigenvalue weighted by Gasteiger charge is -2.12. The summed E-state index contributed by atoms with van der Waals surface area (Å²) < 4.78 is 46.1. The van der Waals surface area contributed by atoms with Crippen LogP contribution >= 0.6 is 0 Å². The Labute approximate surface area is 166 Å². The summed E-state index contributed by atoms with van der Waals surface area (Å²) in [7, 11) is 3.26. The van der Waals surface area contributed by atoms with Gasteiger partial charge in [0.05, 0.1) is 6.61 Å². The Bertz CT molecular complexity index is 819. The van der Waals surface area contributed by atoms with Crippen molar-refractivity contribution in [3.05, 3.63) is 59.7 Å². The van der Waals surface area contributed by atoms with E-state index in [1.54, 1.807) is 38.4 Å². The van der Waals surface area contributed by atoms with Gasteiger partial charge in [0.1, 0.15) is 12.4 Å². The Kier molecular flexibility index (Phi) is 7.60. The molecule has 0 radical (unpaired) electrons. The van der Waals surface area contributed by atoms with Gasteiger partial charge in [0, 0.05) is 25.3 Å². The first-order valence-corrected chi connectivity index (χ1v) is 8.62. The molecule has 2 rings (SSSR count). The van der Waals surface area contributed by atoms with Crippen LogP contribution in [0.2, 0.25) is 0 Å². The summed E-state index contributed by atoms with van der Waals surface area (Å²) in [5.41, 5.74) is 1.40. The van der Waals surface area contributed by atoms with E-state index in [1.807, 2.05) is 0 Å². The number of carbonyl (C=O) groups is 2. The van der Waals surface area contributed by atoms with E-state index < -0.39 is 12.8 Å². The van der Waals surface area contributed by atoms with Crippen molar-refractivity contribution in [2.24, 2.45) is 0 Å². The number of nitrogens with one attached hydrogen (secondary N) is 1. The molecular weight excluding hydrogens is 389 g/mol. The molecule has 6 nitrogen and oxygen atoms in total. The summed E-state index contributed by atoms with van der Waals surface area (Å²) in [6, 6.07) is 12.6. The Morgan fingerprint density at radius 1 is 1.00 bits per heavy atom. The quantitative estimate of drug-likeness (QED) is 0.724. The van der Waals surface area contributed by atoms with E-state index in [0.717, 1.165) is 0 Å². The normalized spacial score (nSPS) is 11.1. The van der Waals surface area contributed by atoms with Crippen molar-refractivity contribution >= 4 is 17.5 Å². The van der Waals surface area contributed by atoms with Crippen molar-refractivity contribution in [1.82, 2.24) is 4.90 Å². The third-order valence-electron chi connectivity index (χ3n) is 3.72. The lowest BCUT2D eigenvalue weighted by molar-refractivity contribution is -0.176. The number of likely N-dealkylation sites (N-methyl/N-ethyl adjacent to an activating group) is 1. The standard InChI is InChI=1S/C20H21F3N2O4/c1-25(2)18(26)12-29-17-9-7-16(8-10-17)24-19(27)15-5-3-14(4-6-15)11-28-13-20(21,22)23/h3-10H,11-13H2,1-2H3,(H,24,27). The first-order valence-electron chi connectivity index (χ1n) is 8.62. The van der Waals surface area contributed by atoms with Gasteiger partial charge in [-0.1, -0.05) is 12.1 Å². The van der Waals surface area contributed by atoms with Crippen molar-refractivity contribution < 1.29 is 32.2 Å². The van der Waals surface area contributed by atoms with Gasteiger partial charge < -0.3 is 19.7 Å². The van der Waals surface area contributed by atoms with Crippen LogP contribution in [0.15, 0.2) is 48.5 Å². The molecule has 1 N–H and O–H groups in total. The van der Waals surface area contributed by atoms with Crippen LogP contribution in [-0.4, -0.2) is 50.2 Å². The van der Waals surface area contributed by atoms with Crippen molar-refractivity contribution in [3.8, 4) is 5.75 Å². The third kappa shape index (κ3) is 7.82. The summed E-state index contributed by atoms with van der Waals surface area (Å²) >= 11 is 0. The molecule has 9 heteroatoms. The van der Waals surface area contributed by atoms with Gasteiger partial charge in [-0.25, -0.2) is 0 Å². The molecule has 0 aromatic heterocycles. The third-order valence-corrected chi connectivity index (χ3v) is 3.72. The number of rotatable bonds is 8. The molecule has 0 aliphatic heterocycles. The highest BCUT2D eigenvalue weighted by molar-refractivity contribution is 6.04. The molecule has 0 saturated heterocycles.